The topological polar surface area (TPSA) is 300 Å². The van der Waals surface area contributed by atoms with Gasteiger partial charge in [-0.05, 0) is 78.8 Å². The maximum atomic E-state index is 15.3. The number of esters is 1. The fraction of sp³-hybridized carbons (Fsp3) is 0.438. The minimum Gasteiger partial charge on any atom is -0.458 e. The molecule has 4 atom stereocenters. The highest BCUT2D eigenvalue weighted by Crippen LogP contribution is 2.46. The molecule has 2 aliphatic heterocycles. The Balaban J connectivity index is 0.915. The van der Waals surface area contributed by atoms with Gasteiger partial charge in [0.25, 0.3) is 5.56 Å². The van der Waals surface area contributed by atoms with Gasteiger partial charge < -0.3 is 56.2 Å². The average molecular weight is 970 g/mol. The van der Waals surface area contributed by atoms with Crippen LogP contribution in [0, 0.1) is 18.7 Å². The molecule has 0 bridgehead atoms. The average Bonchev–Trinajstić information content (AvgIpc) is 3.70. The van der Waals surface area contributed by atoms with E-state index in [0.717, 1.165) is 5.56 Å². The number of urea groups is 1. The third-order valence-corrected chi connectivity index (χ3v) is 12.9. The van der Waals surface area contributed by atoms with E-state index in [2.05, 4.69) is 31.9 Å². The monoisotopic (exact) mass is 969 g/mol. The molecule has 0 fully saturated rings. The molecule has 22 heteroatoms. The number of amides is 7. The zero-order valence-corrected chi connectivity index (χ0v) is 39.1. The van der Waals surface area contributed by atoms with Crippen LogP contribution in [0.4, 0.5) is 14.0 Å². The number of carbonyl (C=O) groups is 7. The number of ether oxygens (including phenoxy) is 3. The lowest BCUT2D eigenvalue weighted by Crippen LogP contribution is -2.54. The summed E-state index contributed by atoms with van der Waals surface area (Å²) in [7, 11) is 0. The van der Waals surface area contributed by atoms with Crippen LogP contribution in [0.2, 0.25) is 0 Å². The molecular formula is C48H56FN9O12. The zero-order chi connectivity index (χ0) is 50.4. The maximum absolute atomic E-state index is 15.3. The Kier molecular flexibility index (Phi) is 15.5. The van der Waals surface area contributed by atoms with Crippen LogP contribution in [-0.4, -0.2) is 88.8 Å². The van der Waals surface area contributed by atoms with E-state index in [-0.39, 0.29) is 69.5 Å². The molecule has 0 saturated heterocycles. The first kappa shape index (κ1) is 50.4. The Labute approximate surface area is 400 Å². The highest BCUT2D eigenvalue weighted by Gasteiger charge is 2.46. The van der Waals surface area contributed by atoms with Crippen molar-refractivity contribution in [1.29, 1.82) is 0 Å². The van der Waals surface area contributed by atoms with Crippen molar-refractivity contribution in [3.8, 4) is 11.4 Å². The van der Waals surface area contributed by atoms with E-state index >= 15 is 4.39 Å². The number of aromatic nitrogens is 2. The summed E-state index contributed by atoms with van der Waals surface area (Å²) < 4.78 is 32.8. The van der Waals surface area contributed by atoms with E-state index in [0.29, 0.717) is 75.8 Å². The molecule has 0 radical (unpaired) electrons. The second kappa shape index (κ2) is 21.5. The van der Waals surface area contributed by atoms with Crippen molar-refractivity contribution in [2.75, 3.05) is 19.9 Å². The second-order valence-corrected chi connectivity index (χ2v) is 17.8. The third-order valence-electron chi connectivity index (χ3n) is 12.9. The number of alkyl carbamates (subject to hydrolysis) is 1. The number of fused-ring (bicyclic) bond motifs is 5. The van der Waals surface area contributed by atoms with Crippen LogP contribution in [-0.2, 0) is 76.5 Å². The Bertz CT molecular complexity index is 2800. The standard InChI is InChI=1S/C48H56FN9O12/c1-5-48(67)31-15-36-41-29(18-58(36)44(63)30(31)20-69-45(48)64)39-33(13-12-28-25(4)32(49)16-35(56-41)38(28)39)55-37(60)21-68-23-54-47(66)70-19-27-10-8-26(9-11-27)17-52-42(61)34(7-6-14-51-46(50)65)57-43(62)40(24(2)3)53-22-59/h8-11,15-16,22,24,33-34,40,67H,5-7,12-14,17-21,23H2,1-4H3,(H,52,61)(H,53,59)(H,54,66)(H,55,60)(H,57,62)(H3,50,51,65)/t33-,34-,40-,48-/m0/s1. The van der Waals surface area contributed by atoms with Gasteiger partial charge >= 0.3 is 18.1 Å². The van der Waals surface area contributed by atoms with E-state index in [9.17, 15) is 43.5 Å². The first-order valence-corrected chi connectivity index (χ1v) is 22.9. The fourth-order valence-corrected chi connectivity index (χ4v) is 9.15. The molecule has 7 amide bonds. The van der Waals surface area contributed by atoms with Crippen molar-refractivity contribution in [2.24, 2.45) is 11.7 Å². The van der Waals surface area contributed by atoms with Gasteiger partial charge in [0.15, 0.2) is 5.60 Å². The molecule has 4 heterocycles. The van der Waals surface area contributed by atoms with Crippen LogP contribution in [0.15, 0.2) is 41.2 Å². The quantitative estimate of drug-likeness (QED) is 0.0240. The van der Waals surface area contributed by atoms with Gasteiger partial charge in [0.1, 0.15) is 44.5 Å². The Morgan fingerprint density at radius 2 is 1.79 bits per heavy atom. The largest absolute Gasteiger partial charge is 0.458 e. The first-order chi connectivity index (χ1) is 33.4. The number of carbonyl (C=O) groups excluding carboxylic acids is 7. The molecule has 21 nitrogen and oxygen atoms in total. The molecule has 0 saturated carbocycles. The number of hydrogen-bond donors (Lipinski definition) is 8. The van der Waals surface area contributed by atoms with Crippen LogP contribution >= 0.6 is 0 Å². The summed E-state index contributed by atoms with van der Waals surface area (Å²) in [6.45, 7) is 5.94. The lowest BCUT2D eigenvalue weighted by Gasteiger charge is -2.31. The van der Waals surface area contributed by atoms with E-state index in [4.69, 9.17) is 24.9 Å². The summed E-state index contributed by atoms with van der Waals surface area (Å²) in [6.07, 6.45) is 0.905. The van der Waals surface area contributed by atoms with E-state index in [1.807, 2.05) is 0 Å². The highest BCUT2D eigenvalue weighted by molar-refractivity contribution is 5.94. The van der Waals surface area contributed by atoms with Gasteiger partial charge in [0.2, 0.25) is 24.1 Å². The van der Waals surface area contributed by atoms with Crippen LogP contribution in [0.1, 0.15) is 97.0 Å². The Morgan fingerprint density at radius 1 is 1.04 bits per heavy atom. The molecule has 7 rings (SSSR count). The number of nitrogens with two attached hydrogens (primary N) is 1. The molecule has 1 aliphatic carbocycles. The van der Waals surface area contributed by atoms with Gasteiger partial charge in [-0.3, -0.25) is 29.3 Å². The number of cyclic esters (lactones) is 1. The SMILES string of the molecule is CC[C@@]1(O)C(=O)OCc2c1cc1n(c2=O)Cc2c-1nc1cc(F)c(C)c3c1c2[C@@H](NC(=O)COCNC(=O)OCc1ccc(CNC(=O)[C@H](CCCNC(N)=O)NC(=O)[C@@H](NC=O)C(C)C)cc1)CC3. The van der Waals surface area contributed by atoms with Crippen LogP contribution in [0.25, 0.3) is 22.3 Å². The van der Waals surface area contributed by atoms with Gasteiger partial charge in [-0.2, -0.15) is 0 Å². The highest BCUT2D eigenvalue weighted by atomic mass is 19.1. The summed E-state index contributed by atoms with van der Waals surface area (Å²) >= 11 is 0. The second-order valence-electron chi connectivity index (χ2n) is 17.8. The van der Waals surface area contributed by atoms with Crippen LogP contribution in [0.3, 0.4) is 0 Å². The normalized spacial score (nSPS) is 17.2. The molecule has 2 aromatic carbocycles. The van der Waals surface area contributed by atoms with Crippen LogP contribution < -0.4 is 43.2 Å². The summed E-state index contributed by atoms with van der Waals surface area (Å²) in [5, 5.41) is 27.8. The Hall–Kier alpha value is -7.46. The molecule has 0 spiro atoms. The summed E-state index contributed by atoms with van der Waals surface area (Å²) in [5.41, 5.74) is 7.85. The zero-order valence-electron chi connectivity index (χ0n) is 39.1. The van der Waals surface area contributed by atoms with Crippen molar-refractivity contribution >= 4 is 53.1 Å². The molecule has 9 N–H and O–H groups in total. The minimum absolute atomic E-state index is 0.0347. The number of hydrogen-bond acceptors (Lipinski definition) is 13. The Morgan fingerprint density at radius 3 is 2.49 bits per heavy atom. The maximum Gasteiger partial charge on any atom is 0.409 e. The van der Waals surface area contributed by atoms with Crippen molar-refractivity contribution in [3.05, 3.63) is 97.1 Å². The molecule has 0 unspecified atom stereocenters. The number of halogens is 1. The number of primary amides is 1. The van der Waals surface area contributed by atoms with Gasteiger partial charge in [0.05, 0.1) is 35.1 Å². The fourth-order valence-electron chi connectivity index (χ4n) is 9.15. The molecular weight excluding hydrogens is 914 g/mol. The van der Waals surface area contributed by atoms with Crippen LogP contribution in [0.5, 0.6) is 0 Å². The van der Waals surface area contributed by atoms with Crippen molar-refractivity contribution in [1.82, 2.24) is 41.5 Å². The number of nitrogens with zero attached hydrogens (tertiary/aromatic N) is 2. The van der Waals surface area contributed by atoms with Gasteiger partial charge in [-0.15, -0.1) is 0 Å². The number of pyridine rings is 2. The van der Waals surface area contributed by atoms with Crippen molar-refractivity contribution in [3.63, 3.8) is 0 Å². The molecule has 4 aromatic rings. The molecule has 372 valence electrons. The lowest BCUT2D eigenvalue weighted by atomic mass is 9.81. The lowest BCUT2D eigenvalue weighted by molar-refractivity contribution is -0.172. The predicted molar refractivity (Wildman–Crippen MR) is 247 cm³/mol. The van der Waals surface area contributed by atoms with Gasteiger partial charge in [0, 0.05) is 35.7 Å². The van der Waals surface area contributed by atoms with E-state index in [1.54, 1.807) is 58.0 Å². The van der Waals surface area contributed by atoms with Crippen molar-refractivity contribution < 1.29 is 57.3 Å². The summed E-state index contributed by atoms with van der Waals surface area (Å²) in [6, 6.07) is 6.60. The predicted octanol–water partition coefficient (Wildman–Crippen LogP) is 1.85. The molecule has 2 aromatic heterocycles. The number of rotatable bonds is 20. The van der Waals surface area contributed by atoms with Crippen molar-refractivity contribution in [2.45, 2.75) is 110 Å². The van der Waals surface area contributed by atoms with E-state index < -0.39 is 77.5 Å². The number of nitrogens with one attached hydrogen (secondary N) is 6. The smallest absolute Gasteiger partial charge is 0.409 e. The van der Waals surface area contributed by atoms with Gasteiger partial charge in [-0.1, -0.05) is 45.0 Å². The first-order valence-electron chi connectivity index (χ1n) is 22.9. The number of aliphatic hydroxyl groups is 1. The molecule has 70 heavy (non-hydrogen) atoms. The summed E-state index contributed by atoms with van der Waals surface area (Å²) in [5.74, 6) is -3.08. The summed E-state index contributed by atoms with van der Waals surface area (Å²) in [4.78, 5) is 106. The minimum atomic E-state index is -2.03. The number of aryl methyl sites for hydroxylation is 1. The van der Waals surface area contributed by atoms with Gasteiger partial charge in [-0.25, -0.2) is 23.8 Å². The number of benzene rings is 2. The van der Waals surface area contributed by atoms with E-state index in [1.165, 1.54) is 10.6 Å². The third kappa shape index (κ3) is 10.6. The molecule has 3 aliphatic rings.